The fourth-order valence-corrected chi connectivity index (χ4v) is 1.47. The first-order valence-electron chi connectivity index (χ1n) is 5.64. The lowest BCUT2D eigenvalue weighted by molar-refractivity contribution is -0.208. The molecule has 2 aromatic heterocycles. The van der Waals surface area contributed by atoms with Crippen molar-refractivity contribution in [1.29, 1.82) is 0 Å². The summed E-state index contributed by atoms with van der Waals surface area (Å²) in [6.07, 6.45) is -6.14. The van der Waals surface area contributed by atoms with Gasteiger partial charge in [-0.15, -0.1) is 5.10 Å². The monoisotopic (exact) mass is 304 g/mol. The lowest BCUT2D eigenvalue weighted by Crippen LogP contribution is -2.20. The van der Waals surface area contributed by atoms with Crippen LogP contribution in [0.25, 0.3) is 0 Å². The molecule has 0 spiro atoms. The third-order valence-electron chi connectivity index (χ3n) is 2.50. The van der Waals surface area contributed by atoms with Crippen molar-refractivity contribution in [2.75, 3.05) is 7.11 Å². The summed E-state index contributed by atoms with van der Waals surface area (Å²) in [5.41, 5.74) is -0.573. The van der Waals surface area contributed by atoms with Crippen molar-refractivity contribution in [3.05, 3.63) is 24.0 Å². The van der Waals surface area contributed by atoms with Gasteiger partial charge in [0.25, 0.3) is 0 Å². The summed E-state index contributed by atoms with van der Waals surface area (Å²) in [4.78, 5) is 0. The average molecular weight is 304 g/mol. The van der Waals surface area contributed by atoms with E-state index in [1.54, 1.807) is 0 Å². The molecule has 0 aliphatic rings. The summed E-state index contributed by atoms with van der Waals surface area (Å²) < 4.78 is 48.5. The number of alkyl halides is 3. The van der Waals surface area contributed by atoms with Crippen LogP contribution in [-0.2, 0) is 7.05 Å². The maximum absolute atomic E-state index is 12.4. The normalized spacial score (nSPS) is 13.0. The van der Waals surface area contributed by atoms with Crippen molar-refractivity contribution in [3.8, 4) is 17.5 Å². The minimum atomic E-state index is -4.80. The third kappa shape index (κ3) is 3.40. The number of ether oxygens (including phenoxy) is 2. The van der Waals surface area contributed by atoms with Crippen LogP contribution >= 0.6 is 0 Å². The Bertz CT molecular complexity index is 629. The van der Waals surface area contributed by atoms with Crippen LogP contribution in [0.4, 0.5) is 13.2 Å². The summed E-state index contributed by atoms with van der Waals surface area (Å²) in [5, 5.41) is 19.9. The maximum Gasteiger partial charge on any atom is 0.420 e. The molecule has 0 saturated carbocycles. The van der Waals surface area contributed by atoms with E-state index in [1.807, 2.05) is 0 Å². The largest absolute Gasteiger partial charge is 0.495 e. The van der Waals surface area contributed by atoms with E-state index in [1.165, 1.54) is 26.4 Å². The molecule has 1 N–H and O–H groups in total. The van der Waals surface area contributed by atoms with Gasteiger partial charge in [-0.1, -0.05) is 0 Å². The number of hydrogen-bond donors (Lipinski definition) is 1. The molecule has 0 aliphatic carbocycles. The smallest absolute Gasteiger partial charge is 0.420 e. The molecular formula is C11H11F3N4O3. The van der Waals surface area contributed by atoms with Gasteiger partial charge in [-0.3, -0.25) is 0 Å². The van der Waals surface area contributed by atoms with Gasteiger partial charge >= 0.3 is 6.18 Å². The first-order valence-corrected chi connectivity index (χ1v) is 5.64. The third-order valence-corrected chi connectivity index (χ3v) is 2.50. The quantitative estimate of drug-likeness (QED) is 0.924. The summed E-state index contributed by atoms with van der Waals surface area (Å²) >= 11 is 0. The number of aliphatic hydroxyl groups is 1. The summed E-state index contributed by atoms with van der Waals surface area (Å²) in [6, 6.07) is 2.37. The van der Waals surface area contributed by atoms with E-state index in [0.29, 0.717) is 5.75 Å². The average Bonchev–Trinajstić information content (AvgIpc) is 2.78. The van der Waals surface area contributed by atoms with Crippen LogP contribution < -0.4 is 9.47 Å². The van der Waals surface area contributed by atoms with E-state index in [9.17, 15) is 13.2 Å². The zero-order chi connectivity index (χ0) is 15.6. The van der Waals surface area contributed by atoms with E-state index in [-0.39, 0.29) is 11.8 Å². The van der Waals surface area contributed by atoms with Crippen molar-refractivity contribution in [1.82, 2.24) is 20.0 Å². The second-order valence-corrected chi connectivity index (χ2v) is 4.01. The van der Waals surface area contributed by atoms with Crippen LogP contribution in [0.5, 0.6) is 17.5 Å². The lowest BCUT2D eigenvalue weighted by atomic mass is 10.2. The highest BCUT2D eigenvalue weighted by molar-refractivity contribution is 5.27. The number of aliphatic hydroxyl groups excluding tert-OH is 1. The number of hydrogen-bond acceptors (Lipinski definition) is 6. The Morgan fingerprint density at radius 1 is 1.33 bits per heavy atom. The molecule has 0 saturated heterocycles. The van der Waals surface area contributed by atoms with Gasteiger partial charge in [0.2, 0.25) is 11.8 Å². The van der Waals surface area contributed by atoms with Gasteiger partial charge < -0.3 is 14.6 Å². The van der Waals surface area contributed by atoms with E-state index < -0.39 is 18.0 Å². The first kappa shape index (κ1) is 15.0. The molecule has 0 aliphatic heterocycles. The van der Waals surface area contributed by atoms with Gasteiger partial charge in [0.05, 0.1) is 13.3 Å². The van der Waals surface area contributed by atoms with Crippen LogP contribution in [0.3, 0.4) is 0 Å². The van der Waals surface area contributed by atoms with E-state index in [2.05, 4.69) is 15.3 Å². The topological polar surface area (TPSA) is 82.3 Å². The summed E-state index contributed by atoms with van der Waals surface area (Å²) in [5.74, 6) is 0.360. The SMILES string of the molecule is COc1cnnc(Oc2cc(C(O)C(F)(F)F)nn2C)c1. The van der Waals surface area contributed by atoms with Crippen LogP contribution in [-0.4, -0.2) is 38.4 Å². The van der Waals surface area contributed by atoms with Crippen molar-refractivity contribution in [2.45, 2.75) is 12.3 Å². The number of halogens is 3. The summed E-state index contributed by atoms with van der Waals surface area (Å²) in [6.45, 7) is 0. The van der Waals surface area contributed by atoms with Gasteiger partial charge in [0.1, 0.15) is 11.4 Å². The van der Waals surface area contributed by atoms with Crippen molar-refractivity contribution in [3.63, 3.8) is 0 Å². The minimum Gasteiger partial charge on any atom is -0.495 e. The van der Waals surface area contributed by atoms with Gasteiger partial charge in [-0.05, 0) is 0 Å². The van der Waals surface area contributed by atoms with Gasteiger partial charge in [0.15, 0.2) is 6.10 Å². The highest BCUT2D eigenvalue weighted by Crippen LogP contribution is 2.33. The molecule has 10 heteroatoms. The number of nitrogens with zero attached hydrogens (tertiary/aromatic N) is 4. The molecule has 1 atom stereocenters. The van der Waals surface area contributed by atoms with Crippen molar-refractivity contribution < 1.29 is 27.8 Å². The number of aromatic nitrogens is 4. The number of rotatable bonds is 4. The second-order valence-electron chi connectivity index (χ2n) is 4.01. The van der Waals surface area contributed by atoms with E-state index in [0.717, 1.165) is 10.7 Å². The first-order chi connectivity index (χ1) is 9.81. The molecule has 0 fully saturated rings. The van der Waals surface area contributed by atoms with E-state index >= 15 is 0 Å². The molecule has 0 aromatic carbocycles. The Morgan fingerprint density at radius 2 is 2.05 bits per heavy atom. The second kappa shape index (κ2) is 5.56. The Labute approximate surface area is 116 Å². The molecular weight excluding hydrogens is 293 g/mol. The van der Waals surface area contributed by atoms with Crippen LogP contribution in [0.2, 0.25) is 0 Å². The highest BCUT2D eigenvalue weighted by Gasteiger charge is 2.41. The maximum atomic E-state index is 12.4. The molecule has 7 nitrogen and oxygen atoms in total. The molecule has 2 aromatic rings. The fraction of sp³-hybridized carbons (Fsp3) is 0.364. The minimum absolute atomic E-state index is 0.0189. The van der Waals surface area contributed by atoms with Crippen LogP contribution in [0.15, 0.2) is 18.3 Å². The Hall–Kier alpha value is -2.36. The molecule has 2 rings (SSSR count). The van der Waals surface area contributed by atoms with Crippen LogP contribution in [0, 0.1) is 0 Å². The molecule has 0 amide bonds. The zero-order valence-corrected chi connectivity index (χ0v) is 11.0. The van der Waals surface area contributed by atoms with Gasteiger partial charge in [-0.25, -0.2) is 4.68 Å². The molecule has 0 bridgehead atoms. The Kier molecular flexibility index (Phi) is 3.98. The summed E-state index contributed by atoms with van der Waals surface area (Å²) in [7, 11) is 2.79. The standard InChI is InChI=1S/C11H11F3N4O3/c1-18-9(4-7(17-18)10(19)11(12,13)14)21-8-3-6(20-2)5-15-16-8/h3-5,10,19H,1-2H3. The molecule has 1 unspecified atom stereocenters. The fourth-order valence-electron chi connectivity index (χ4n) is 1.47. The van der Waals surface area contributed by atoms with Gasteiger partial charge in [0, 0.05) is 19.2 Å². The predicted molar refractivity (Wildman–Crippen MR) is 62.9 cm³/mol. The zero-order valence-electron chi connectivity index (χ0n) is 11.0. The van der Waals surface area contributed by atoms with Crippen molar-refractivity contribution in [2.24, 2.45) is 7.05 Å². The van der Waals surface area contributed by atoms with Crippen LogP contribution in [0.1, 0.15) is 11.8 Å². The van der Waals surface area contributed by atoms with Crippen molar-refractivity contribution >= 4 is 0 Å². The molecule has 0 radical (unpaired) electrons. The lowest BCUT2D eigenvalue weighted by Gasteiger charge is -2.10. The number of methoxy groups -OCH3 is 1. The Morgan fingerprint density at radius 3 is 2.67 bits per heavy atom. The number of aryl methyl sites for hydroxylation is 1. The molecule has 2 heterocycles. The highest BCUT2D eigenvalue weighted by atomic mass is 19.4. The Balaban J connectivity index is 2.23. The molecule has 114 valence electrons. The van der Waals surface area contributed by atoms with E-state index in [4.69, 9.17) is 14.6 Å². The predicted octanol–water partition coefficient (Wildman–Crippen LogP) is 1.61. The molecule has 21 heavy (non-hydrogen) atoms. The van der Waals surface area contributed by atoms with Gasteiger partial charge in [-0.2, -0.15) is 23.4 Å².